The van der Waals surface area contributed by atoms with Crippen molar-refractivity contribution in [2.75, 3.05) is 13.7 Å². The van der Waals surface area contributed by atoms with E-state index >= 15 is 0 Å². The Morgan fingerprint density at radius 3 is 2.68 bits per heavy atom. The standard InChI is InChI=1S/C13H13N3O3/c1-14-11(17)9-19-12-7-8-13(18)16(15-12)10-5-3-2-4-6-10/h2-8H,9H2,1H3,(H,14,17). The lowest BCUT2D eigenvalue weighted by Gasteiger charge is -2.07. The van der Waals surface area contributed by atoms with Gasteiger partial charge in [-0.05, 0) is 12.1 Å². The van der Waals surface area contributed by atoms with Gasteiger partial charge in [0, 0.05) is 19.2 Å². The van der Waals surface area contributed by atoms with Crippen LogP contribution < -0.4 is 15.6 Å². The van der Waals surface area contributed by atoms with Gasteiger partial charge in [0.2, 0.25) is 5.88 Å². The summed E-state index contributed by atoms with van der Waals surface area (Å²) in [6, 6.07) is 11.8. The number of hydrogen-bond donors (Lipinski definition) is 1. The van der Waals surface area contributed by atoms with Crippen LogP contribution >= 0.6 is 0 Å². The number of nitrogens with one attached hydrogen (secondary N) is 1. The van der Waals surface area contributed by atoms with Crippen molar-refractivity contribution in [1.29, 1.82) is 0 Å². The van der Waals surface area contributed by atoms with Gasteiger partial charge in [0.15, 0.2) is 6.61 Å². The number of hydrogen-bond acceptors (Lipinski definition) is 4. The van der Waals surface area contributed by atoms with Crippen LogP contribution in [0.2, 0.25) is 0 Å². The first kappa shape index (κ1) is 12.8. The molecular weight excluding hydrogens is 246 g/mol. The Morgan fingerprint density at radius 2 is 2.00 bits per heavy atom. The number of likely N-dealkylation sites (N-methyl/N-ethyl adjacent to an activating group) is 1. The third-order valence-electron chi connectivity index (χ3n) is 2.41. The van der Waals surface area contributed by atoms with E-state index in [4.69, 9.17) is 4.74 Å². The van der Waals surface area contributed by atoms with Crippen molar-refractivity contribution < 1.29 is 9.53 Å². The first-order valence-electron chi connectivity index (χ1n) is 5.70. The molecule has 0 saturated carbocycles. The van der Waals surface area contributed by atoms with Crippen molar-refractivity contribution in [3.63, 3.8) is 0 Å². The lowest BCUT2D eigenvalue weighted by molar-refractivity contribution is -0.122. The maximum absolute atomic E-state index is 11.7. The zero-order valence-electron chi connectivity index (χ0n) is 10.4. The summed E-state index contributed by atoms with van der Waals surface area (Å²) in [5, 5.41) is 6.48. The molecule has 1 amide bonds. The molecule has 0 fully saturated rings. The molecular formula is C13H13N3O3. The van der Waals surface area contributed by atoms with Gasteiger partial charge in [0.05, 0.1) is 5.69 Å². The highest BCUT2D eigenvalue weighted by Gasteiger charge is 2.05. The molecule has 0 aliphatic heterocycles. The molecule has 0 bridgehead atoms. The smallest absolute Gasteiger partial charge is 0.271 e. The lowest BCUT2D eigenvalue weighted by Crippen LogP contribution is -2.26. The molecule has 1 N–H and O–H groups in total. The van der Waals surface area contributed by atoms with Crippen LogP contribution in [0, 0.1) is 0 Å². The van der Waals surface area contributed by atoms with Crippen molar-refractivity contribution in [1.82, 2.24) is 15.1 Å². The molecule has 6 heteroatoms. The number of carbonyl (C=O) groups excluding carboxylic acids is 1. The molecule has 19 heavy (non-hydrogen) atoms. The molecule has 0 aliphatic carbocycles. The zero-order valence-corrected chi connectivity index (χ0v) is 10.4. The number of aromatic nitrogens is 2. The average Bonchev–Trinajstić information content (AvgIpc) is 2.47. The fourth-order valence-corrected chi connectivity index (χ4v) is 1.44. The summed E-state index contributed by atoms with van der Waals surface area (Å²) in [7, 11) is 1.52. The second kappa shape index (κ2) is 5.81. The molecule has 2 rings (SSSR count). The highest BCUT2D eigenvalue weighted by Crippen LogP contribution is 2.06. The van der Waals surface area contributed by atoms with Gasteiger partial charge in [-0.3, -0.25) is 9.59 Å². The van der Waals surface area contributed by atoms with Crippen molar-refractivity contribution >= 4 is 5.91 Å². The van der Waals surface area contributed by atoms with Gasteiger partial charge in [0.1, 0.15) is 0 Å². The van der Waals surface area contributed by atoms with E-state index < -0.39 is 0 Å². The molecule has 98 valence electrons. The number of benzene rings is 1. The number of amides is 1. The van der Waals surface area contributed by atoms with Gasteiger partial charge in [0.25, 0.3) is 11.5 Å². The second-order valence-corrected chi connectivity index (χ2v) is 3.72. The van der Waals surface area contributed by atoms with Gasteiger partial charge in [-0.25, -0.2) is 0 Å². The minimum atomic E-state index is -0.265. The molecule has 0 aliphatic rings. The Bertz CT molecular complexity index is 623. The Hall–Kier alpha value is -2.63. The van der Waals surface area contributed by atoms with Crippen molar-refractivity contribution in [3.8, 4) is 11.6 Å². The van der Waals surface area contributed by atoms with Gasteiger partial charge in [-0.1, -0.05) is 18.2 Å². The largest absolute Gasteiger partial charge is 0.467 e. The van der Waals surface area contributed by atoms with E-state index in [-0.39, 0.29) is 24.0 Å². The maximum Gasteiger partial charge on any atom is 0.271 e. The molecule has 1 heterocycles. The van der Waals surface area contributed by atoms with E-state index in [1.54, 1.807) is 12.1 Å². The second-order valence-electron chi connectivity index (χ2n) is 3.72. The van der Waals surface area contributed by atoms with Crippen LogP contribution in [0.5, 0.6) is 5.88 Å². The number of rotatable bonds is 4. The number of para-hydroxylation sites is 1. The summed E-state index contributed by atoms with van der Waals surface area (Å²) in [6.07, 6.45) is 0. The van der Waals surface area contributed by atoms with Crippen molar-refractivity contribution in [2.24, 2.45) is 0 Å². The van der Waals surface area contributed by atoms with Crippen LogP contribution in [0.15, 0.2) is 47.3 Å². The van der Waals surface area contributed by atoms with E-state index in [1.165, 1.54) is 23.9 Å². The fourth-order valence-electron chi connectivity index (χ4n) is 1.44. The van der Waals surface area contributed by atoms with E-state index in [1.807, 2.05) is 18.2 Å². The topological polar surface area (TPSA) is 73.2 Å². The average molecular weight is 259 g/mol. The first-order chi connectivity index (χ1) is 9.20. The highest BCUT2D eigenvalue weighted by molar-refractivity contribution is 5.77. The first-order valence-corrected chi connectivity index (χ1v) is 5.70. The van der Waals surface area contributed by atoms with Crippen LogP contribution in [0.25, 0.3) is 5.69 Å². The summed E-state index contributed by atoms with van der Waals surface area (Å²) < 4.78 is 6.41. The van der Waals surface area contributed by atoms with Gasteiger partial charge in [-0.2, -0.15) is 4.68 Å². The predicted molar refractivity (Wildman–Crippen MR) is 69.4 cm³/mol. The Balaban J connectivity index is 2.25. The summed E-state index contributed by atoms with van der Waals surface area (Å²) >= 11 is 0. The number of carbonyl (C=O) groups is 1. The molecule has 0 radical (unpaired) electrons. The molecule has 1 aromatic heterocycles. The van der Waals surface area contributed by atoms with E-state index in [2.05, 4.69) is 10.4 Å². The Labute approximate surface area is 109 Å². The number of ether oxygens (including phenoxy) is 1. The van der Waals surface area contributed by atoms with Crippen molar-refractivity contribution in [2.45, 2.75) is 0 Å². The van der Waals surface area contributed by atoms with Crippen LogP contribution in [0.1, 0.15) is 0 Å². The van der Waals surface area contributed by atoms with Crippen LogP contribution in [-0.4, -0.2) is 29.3 Å². The van der Waals surface area contributed by atoms with Crippen LogP contribution in [0.4, 0.5) is 0 Å². The minimum Gasteiger partial charge on any atom is -0.467 e. The zero-order chi connectivity index (χ0) is 13.7. The number of nitrogens with zero attached hydrogens (tertiary/aromatic N) is 2. The quantitative estimate of drug-likeness (QED) is 0.860. The summed E-state index contributed by atoms with van der Waals surface area (Å²) in [5.41, 5.74) is 0.372. The van der Waals surface area contributed by atoms with Crippen molar-refractivity contribution in [3.05, 3.63) is 52.8 Å². The van der Waals surface area contributed by atoms with Gasteiger partial charge in [-0.15, -0.1) is 5.10 Å². The molecule has 1 aromatic carbocycles. The highest BCUT2D eigenvalue weighted by atomic mass is 16.5. The van der Waals surface area contributed by atoms with E-state index in [9.17, 15) is 9.59 Å². The van der Waals surface area contributed by atoms with E-state index in [0.29, 0.717) is 5.69 Å². The molecule has 0 unspecified atom stereocenters. The summed E-state index contributed by atoms with van der Waals surface area (Å²) in [4.78, 5) is 22.8. The molecule has 6 nitrogen and oxygen atoms in total. The Morgan fingerprint density at radius 1 is 1.26 bits per heavy atom. The van der Waals surface area contributed by atoms with Crippen LogP contribution in [-0.2, 0) is 4.79 Å². The molecule has 0 saturated heterocycles. The molecule has 0 atom stereocenters. The monoisotopic (exact) mass is 259 g/mol. The van der Waals surface area contributed by atoms with Crippen LogP contribution in [0.3, 0.4) is 0 Å². The normalized spacial score (nSPS) is 9.95. The lowest BCUT2D eigenvalue weighted by atomic mass is 10.3. The molecule has 0 spiro atoms. The minimum absolute atomic E-state index is 0.142. The summed E-state index contributed by atoms with van der Waals surface area (Å²) in [5.74, 6) is -0.0497. The molecule has 2 aromatic rings. The Kier molecular flexibility index (Phi) is 3.92. The van der Waals surface area contributed by atoms with Gasteiger partial charge >= 0.3 is 0 Å². The maximum atomic E-state index is 11.7. The third-order valence-corrected chi connectivity index (χ3v) is 2.41. The fraction of sp³-hybridized carbons (Fsp3) is 0.154. The summed E-state index contributed by atoms with van der Waals surface area (Å²) in [6.45, 7) is -0.142. The predicted octanol–water partition coefficient (Wildman–Crippen LogP) is 0.357. The third kappa shape index (κ3) is 3.19. The van der Waals surface area contributed by atoms with Gasteiger partial charge < -0.3 is 10.1 Å². The van der Waals surface area contributed by atoms with E-state index in [0.717, 1.165) is 0 Å². The SMILES string of the molecule is CNC(=O)COc1ccc(=O)n(-c2ccccc2)n1.